The van der Waals surface area contributed by atoms with Crippen LogP contribution in [0.2, 0.25) is 0 Å². The van der Waals surface area contributed by atoms with Gasteiger partial charge in [0.25, 0.3) is 5.91 Å². The van der Waals surface area contributed by atoms with Gasteiger partial charge >= 0.3 is 6.03 Å². The van der Waals surface area contributed by atoms with Crippen LogP contribution in [-0.2, 0) is 4.79 Å². The number of amides is 3. The van der Waals surface area contributed by atoms with Gasteiger partial charge in [-0.2, -0.15) is 0 Å². The maximum atomic E-state index is 12.5. The van der Waals surface area contributed by atoms with E-state index in [-0.39, 0.29) is 18.0 Å². The largest absolute Gasteiger partial charge is 0.333 e. The summed E-state index contributed by atoms with van der Waals surface area (Å²) in [6.45, 7) is 3.25. The molecule has 104 valence electrons. The van der Waals surface area contributed by atoms with Crippen LogP contribution < -0.4 is 10.6 Å². The molecule has 2 heterocycles. The van der Waals surface area contributed by atoms with Crippen LogP contribution in [0.1, 0.15) is 24.9 Å². The predicted octanol–water partition coefficient (Wildman–Crippen LogP) is 1.55. The quantitative estimate of drug-likeness (QED) is 0.876. The normalized spacial score (nSPS) is 21.6. The molecule has 2 N–H and O–H groups in total. The summed E-state index contributed by atoms with van der Waals surface area (Å²) in [5.74, 6) is 0.0169. The lowest BCUT2D eigenvalue weighted by molar-refractivity contribution is -0.125. The highest BCUT2D eigenvalue weighted by Crippen LogP contribution is 2.32. The van der Waals surface area contributed by atoms with E-state index in [2.05, 4.69) is 10.6 Å². The summed E-state index contributed by atoms with van der Waals surface area (Å²) >= 11 is 0. The van der Waals surface area contributed by atoms with Crippen molar-refractivity contribution in [2.24, 2.45) is 0 Å². The number of nitrogens with zero attached hydrogens (tertiary/aromatic N) is 1. The molecule has 1 aromatic carbocycles. The van der Waals surface area contributed by atoms with Crippen LogP contribution in [-0.4, -0.2) is 29.9 Å². The summed E-state index contributed by atoms with van der Waals surface area (Å²) in [4.78, 5) is 26.1. The molecule has 20 heavy (non-hydrogen) atoms. The van der Waals surface area contributed by atoms with Crippen LogP contribution >= 0.6 is 0 Å². The van der Waals surface area contributed by atoms with E-state index < -0.39 is 0 Å². The van der Waals surface area contributed by atoms with E-state index in [0.29, 0.717) is 18.7 Å². The van der Waals surface area contributed by atoms with Gasteiger partial charge in [0.2, 0.25) is 0 Å². The summed E-state index contributed by atoms with van der Waals surface area (Å²) in [6, 6.07) is 8.99. The number of rotatable bonds is 3. The molecular weight excluding hydrogens is 254 g/mol. The molecule has 0 spiro atoms. The van der Waals surface area contributed by atoms with Gasteiger partial charge in [-0.15, -0.1) is 0 Å². The van der Waals surface area contributed by atoms with Crippen LogP contribution in [0, 0.1) is 0 Å². The Morgan fingerprint density at radius 2 is 2.00 bits per heavy atom. The average molecular weight is 271 g/mol. The van der Waals surface area contributed by atoms with Crippen LogP contribution in [0.5, 0.6) is 0 Å². The van der Waals surface area contributed by atoms with Gasteiger partial charge in [0.05, 0.1) is 23.9 Å². The number of carbonyl (C=O) groups is 2. The van der Waals surface area contributed by atoms with Gasteiger partial charge in [0, 0.05) is 6.54 Å². The highest BCUT2D eigenvalue weighted by molar-refractivity contribution is 6.01. The standard InChI is InChI=1S/C15H17N3O2/c1-2-8-18-9-11-12(14(18)19)13(17-15(20)16-11)10-6-4-3-5-7-10/h3-7,13H,2,8-9H2,1H3,(H2,16,17,20). The Morgan fingerprint density at radius 3 is 2.70 bits per heavy atom. The van der Waals surface area contributed by atoms with Gasteiger partial charge in [0.1, 0.15) is 0 Å². The molecule has 0 saturated heterocycles. The molecule has 2 aliphatic rings. The zero-order valence-corrected chi connectivity index (χ0v) is 11.3. The maximum absolute atomic E-state index is 12.5. The third kappa shape index (κ3) is 2.05. The van der Waals surface area contributed by atoms with E-state index >= 15 is 0 Å². The van der Waals surface area contributed by atoms with Crippen LogP contribution in [0.4, 0.5) is 4.79 Å². The third-order valence-corrected chi connectivity index (χ3v) is 3.65. The summed E-state index contributed by atoms with van der Waals surface area (Å²) in [7, 11) is 0. The van der Waals surface area contributed by atoms with Crippen molar-refractivity contribution < 1.29 is 9.59 Å². The van der Waals surface area contributed by atoms with Crippen molar-refractivity contribution in [2.45, 2.75) is 19.4 Å². The number of benzene rings is 1. The molecule has 3 amide bonds. The second-order valence-electron chi connectivity index (χ2n) is 5.06. The minimum atomic E-state index is -0.352. The minimum absolute atomic E-state index is 0.0169. The first kappa shape index (κ1) is 12.7. The van der Waals surface area contributed by atoms with Crippen molar-refractivity contribution in [2.75, 3.05) is 13.1 Å². The van der Waals surface area contributed by atoms with Crippen LogP contribution in [0.25, 0.3) is 0 Å². The zero-order chi connectivity index (χ0) is 14.1. The molecule has 0 aromatic heterocycles. The maximum Gasteiger partial charge on any atom is 0.319 e. The second-order valence-corrected chi connectivity index (χ2v) is 5.06. The molecule has 2 aliphatic heterocycles. The Kier molecular flexibility index (Phi) is 3.18. The molecule has 0 fully saturated rings. The van der Waals surface area contributed by atoms with Crippen LogP contribution in [0.15, 0.2) is 41.6 Å². The minimum Gasteiger partial charge on any atom is -0.333 e. The van der Waals surface area contributed by atoms with Crippen molar-refractivity contribution in [1.29, 1.82) is 0 Å². The molecule has 1 atom stereocenters. The Balaban J connectivity index is 1.97. The Bertz CT molecular complexity index is 580. The van der Waals surface area contributed by atoms with E-state index in [1.54, 1.807) is 4.90 Å². The molecule has 0 bridgehead atoms. The lowest BCUT2D eigenvalue weighted by Crippen LogP contribution is -2.44. The highest BCUT2D eigenvalue weighted by atomic mass is 16.2. The lowest BCUT2D eigenvalue weighted by atomic mass is 9.96. The summed E-state index contributed by atoms with van der Waals surface area (Å²) < 4.78 is 0. The van der Waals surface area contributed by atoms with E-state index in [4.69, 9.17) is 0 Å². The summed E-state index contributed by atoms with van der Waals surface area (Å²) in [6.07, 6.45) is 0.906. The first-order chi connectivity index (χ1) is 9.70. The summed E-state index contributed by atoms with van der Waals surface area (Å²) in [5, 5.41) is 5.61. The number of nitrogens with one attached hydrogen (secondary N) is 2. The Labute approximate surface area is 117 Å². The molecule has 3 rings (SSSR count). The number of hydrogen-bond donors (Lipinski definition) is 2. The fourth-order valence-corrected chi connectivity index (χ4v) is 2.77. The van der Waals surface area contributed by atoms with Crippen molar-refractivity contribution >= 4 is 11.9 Å². The van der Waals surface area contributed by atoms with Gasteiger partial charge < -0.3 is 15.5 Å². The van der Waals surface area contributed by atoms with Crippen molar-refractivity contribution in [3.8, 4) is 0 Å². The van der Waals surface area contributed by atoms with Gasteiger partial charge in [-0.05, 0) is 12.0 Å². The predicted molar refractivity (Wildman–Crippen MR) is 74.7 cm³/mol. The molecule has 0 aliphatic carbocycles. The first-order valence-corrected chi connectivity index (χ1v) is 6.85. The second kappa shape index (κ2) is 5.00. The van der Waals surface area contributed by atoms with Crippen molar-refractivity contribution in [1.82, 2.24) is 15.5 Å². The average Bonchev–Trinajstić information content (AvgIpc) is 2.76. The Morgan fingerprint density at radius 1 is 1.25 bits per heavy atom. The van der Waals surface area contributed by atoms with Gasteiger partial charge in [-0.1, -0.05) is 37.3 Å². The number of hydrogen-bond acceptors (Lipinski definition) is 2. The summed E-state index contributed by atoms with van der Waals surface area (Å²) in [5.41, 5.74) is 2.34. The van der Waals surface area contributed by atoms with Gasteiger partial charge in [-0.3, -0.25) is 4.79 Å². The number of carbonyl (C=O) groups excluding carboxylic acids is 2. The monoisotopic (exact) mass is 271 g/mol. The topological polar surface area (TPSA) is 61.4 Å². The molecule has 0 radical (unpaired) electrons. The van der Waals surface area contributed by atoms with E-state index in [0.717, 1.165) is 17.7 Å². The smallest absolute Gasteiger partial charge is 0.319 e. The molecular formula is C15H17N3O2. The zero-order valence-electron chi connectivity index (χ0n) is 11.3. The highest BCUT2D eigenvalue weighted by Gasteiger charge is 2.39. The fraction of sp³-hybridized carbons (Fsp3) is 0.333. The fourth-order valence-electron chi connectivity index (χ4n) is 2.77. The third-order valence-electron chi connectivity index (χ3n) is 3.65. The number of urea groups is 1. The SMILES string of the molecule is CCCN1CC2=C(C1=O)C(c1ccccc1)NC(=O)N2. The Hall–Kier alpha value is -2.30. The van der Waals surface area contributed by atoms with E-state index in [1.165, 1.54) is 0 Å². The van der Waals surface area contributed by atoms with Crippen molar-refractivity contribution in [3.05, 3.63) is 47.2 Å². The van der Waals surface area contributed by atoms with Gasteiger partial charge in [-0.25, -0.2) is 4.79 Å². The molecule has 1 aromatic rings. The first-order valence-electron chi connectivity index (χ1n) is 6.85. The molecule has 5 nitrogen and oxygen atoms in total. The molecule has 0 saturated carbocycles. The van der Waals surface area contributed by atoms with Gasteiger partial charge in [0.15, 0.2) is 0 Å². The van der Waals surface area contributed by atoms with Crippen LogP contribution in [0.3, 0.4) is 0 Å². The molecule has 1 unspecified atom stereocenters. The molecule has 5 heteroatoms. The van der Waals surface area contributed by atoms with E-state index in [1.807, 2.05) is 37.3 Å². The van der Waals surface area contributed by atoms with E-state index in [9.17, 15) is 9.59 Å². The lowest BCUT2D eigenvalue weighted by Gasteiger charge is -2.25. The van der Waals surface area contributed by atoms with Crippen molar-refractivity contribution in [3.63, 3.8) is 0 Å².